The SMILES string of the molecule is C/C=C1\c2ccccc2CCc2cc(Cl)ccc21. The first-order valence-electron chi connectivity index (χ1n) is 6.33. The topological polar surface area (TPSA) is 0 Å². The number of halogens is 1. The molecule has 0 heterocycles. The normalized spacial score (nSPS) is 16.0. The molecule has 18 heavy (non-hydrogen) atoms. The maximum absolute atomic E-state index is 6.11. The second-order valence-corrected chi connectivity index (χ2v) is 5.10. The van der Waals surface area contributed by atoms with E-state index < -0.39 is 0 Å². The van der Waals surface area contributed by atoms with Gasteiger partial charge in [-0.15, -0.1) is 0 Å². The number of allylic oxidation sites excluding steroid dienone is 1. The van der Waals surface area contributed by atoms with E-state index in [1.165, 1.54) is 27.8 Å². The zero-order valence-electron chi connectivity index (χ0n) is 10.4. The zero-order valence-corrected chi connectivity index (χ0v) is 11.2. The van der Waals surface area contributed by atoms with Crippen LogP contribution in [0.3, 0.4) is 0 Å². The Kier molecular flexibility index (Phi) is 2.97. The third kappa shape index (κ3) is 1.87. The second-order valence-electron chi connectivity index (χ2n) is 4.66. The van der Waals surface area contributed by atoms with Crippen molar-refractivity contribution in [3.63, 3.8) is 0 Å². The molecule has 1 aliphatic rings. The molecular formula is C17H15Cl. The molecule has 1 heteroatoms. The molecule has 0 aromatic heterocycles. The van der Waals surface area contributed by atoms with Crippen LogP contribution >= 0.6 is 11.6 Å². The van der Waals surface area contributed by atoms with Crippen LogP contribution in [0.25, 0.3) is 5.57 Å². The number of hydrogen-bond acceptors (Lipinski definition) is 0. The minimum Gasteiger partial charge on any atom is -0.0843 e. The lowest BCUT2D eigenvalue weighted by molar-refractivity contribution is 0.965. The molecule has 2 aromatic carbocycles. The lowest BCUT2D eigenvalue weighted by Gasteiger charge is -2.11. The smallest absolute Gasteiger partial charge is 0.0409 e. The molecule has 0 N–H and O–H groups in total. The van der Waals surface area contributed by atoms with Crippen molar-refractivity contribution >= 4 is 17.2 Å². The van der Waals surface area contributed by atoms with Crippen molar-refractivity contribution in [2.75, 3.05) is 0 Å². The van der Waals surface area contributed by atoms with Crippen molar-refractivity contribution in [1.82, 2.24) is 0 Å². The van der Waals surface area contributed by atoms with E-state index in [1.54, 1.807) is 0 Å². The molecule has 0 bridgehead atoms. The molecule has 0 radical (unpaired) electrons. The number of benzene rings is 2. The molecule has 0 saturated heterocycles. The minimum atomic E-state index is 0.829. The first kappa shape index (κ1) is 11.6. The summed E-state index contributed by atoms with van der Waals surface area (Å²) in [5, 5.41) is 0.829. The Balaban J connectivity index is 2.25. The summed E-state index contributed by atoms with van der Waals surface area (Å²) in [6.45, 7) is 2.11. The Hall–Kier alpha value is -1.53. The molecule has 0 atom stereocenters. The highest BCUT2D eigenvalue weighted by molar-refractivity contribution is 6.30. The monoisotopic (exact) mass is 254 g/mol. The van der Waals surface area contributed by atoms with Gasteiger partial charge in [0.15, 0.2) is 0 Å². The van der Waals surface area contributed by atoms with Crippen molar-refractivity contribution in [1.29, 1.82) is 0 Å². The lowest BCUT2D eigenvalue weighted by atomic mass is 9.94. The molecule has 0 spiro atoms. The van der Waals surface area contributed by atoms with Gasteiger partial charge in [-0.1, -0.05) is 48.0 Å². The van der Waals surface area contributed by atoms with Crippen LogP contribution in [-0.2, 0) is 12.8 Å². The fourth-order valence-electron chi connectivity index (χ4n) is 2.76. The first-order valence-corrected chi connectivity index (χ1v) is 6.71. The Labute approximate surface area is 113 Å². The van der Waals surface area contributed by atoms with Crippen LogP contribution in [0, 0.1) is 0 Å². The predicted molar refractivity (Wildman–Crippen MR) is 78.1 cm³/mol. The van der Waals surface area contributed by atoms with Crippen molar-refractivity contribution < 1.29 is 0 Å². The van der Waals surface area contributed by atoms with Gasteiger partial charge >= 0.3 is 0 Å². The van der Waals surface area contributed by atoms with Crippen molar-refractivity contribution in [2.45, 2.75) is 19.8 Å². The Bertz CT molecular complexity index is 623. The van der Waals surface area contributed by atoms with E-state index in [0.29, 0.717) is 0 Å². The summed E-state index contributed by atoms with van der Waals surface area (Å²) >= 11 is 6.11. The molecule has 0 amide bonds. The fourth-order valence-corrected chi connectivity index (χ4v) is 2.95. The summed E-state index contributed by atoms with van der Waals surface area (Å²) in [5.74, 6) is 0. The standard InChI is InChI=1S/C17H15Cl/c1-2-15-16-6-4-3-5-12(16)7-8-13-11-14(18)9-10-17(13)15/h2-6,9-11H,7-8H2,1H3/b15-2+. The van der Waals surface area contributed by atoms with Gasteiger partial charge in [0.1, 0.15) is 0 Å². The molecule has 0 fully saturated rings. The molecule has 0 unspecified atom stereocenters. The average Bonchev–Trinajstić information content (AvgIpc) is 2.55. The highest BCUT2D eigenvalue weighted by Crippen LogP contribution is 2.34. The Morgan fingerprint density at radius 1 is 0.944 bits per heavy atom. The molecular weight excluding hydrogens is 240 g/mol. The van der Waals surface area contributed by atoms with E-state index in [4.69, 9.17) is 11.6 Å². The summed E-state index contributed by atoms with van der Waals surface area (Å²) in [6, 6.07) is 14.9. The fraction of sp³-hybridized carbons (Fsp3) is 0.176. The molecule has 3 rings (SSSR count). The number of hydrogen-bond donors (Lipinski definition) is 0. The maximum Gasteiger partial charge on any atom is 0.0409 e. The third-order valence-electron chi connectivity index (χ3n) is 3.62. The van der Waals surface area contributed by atoms with Crippen molar-refractivity contribution in [2.24, 2.45) is 0 Å². The maximum atomic E-state index is 6.11. The highest BCUT2D eigenvalue weighted by Gasteiger charge is 2.16. The van der Waals surface area contributed by atoms with Gasteiger partial charge in [-0.2, -0.15) is 0 Å². The van der Waals surface area contributed by atoms with Crippen molar-refractivity contribution in [3.05, 3.63) is 75.8 Å². The average molecular weight is 255 g/mol. The van der Waals surface area contributed by atoms with Gasteiger partial charge in [-0.05, 0) is 59.7 Å². The second kappa shape index (κ2) is 4.62. The van der Waals surface area contributed by atoms with Gasteiger partial charge in [0, 0.05) is 5.02 Å². The van der Waals surface area contributed by atoms with Crippen molar-refractivity contribution in [3.8, 4) is 0 Å². The quantitative estimate of drug-likeness (QED) is 0.628. The van der Waals surface area contributed by atoms with Crippen LogP contribution in [0.2, 0.25) is 5.02 Å². The Morgan fingerprint density at radius 3 is 2.50 bits per heavy atom. The predicted octanol–water partition coefficient (Wildman–Crippen LogP) is 4.89. The zero-order chi connectivity index (χ0) is 12.5. The Morgan fingerprint density at radius 2 is 1.67 bits per heavy atom. The van der Waals surface area contributed by atoms with Crippen LogP contribution in [0.1, 0.15) is 29.2 Å². The summed E-state index contributed by atoms with van der Waals surface area (Å²) < 4.78 is 0. The molecule has 0 nitrogen and oxygen atoms in total. The van der Waals surface area contributed by atoms with Crippen LogP contribution < -0.4 is 0 Å². The van der Waals surface area contributed by atoms with E-state index in [9.17, 15) is 0 Å². The van der Waals surface area contributed by atoms with Crippen LogP contribution in [0.5, 0.6) is 0 Å². The van der Waals surface area contributed by atoms with Gasteiger partial charge in [0.25, 0.3) is 0 Å². The van der Waals surface area contributed by atoms with Crippen LogP contribution in [0.4, 0.5) is 0 Å². The minimum absolute atomic E-state index is 0.829. The molecule has 0 aliphatic heterocycles. The third-order valence-corrected chi connectivity index (χ3v) is 3.85. The number of fused-ring (bicyclic) bond motifs is 2. The van der Waals surface area contributed by atoms with Gasteiger partial charge < -0.3 is 0 Å². The van der Waals surface area contributed by atoms with Gasteiger partial charge in [0.05, 0.1) is 0 Å². The van der Waals surface area contributed by atoms with Gasteiger partial charge in [-0.25, -0.2) is 0 Å². The molecule has 90 valence electrons. The summed E-state index contributed by atoms with van der Waals surface area (Å²) in [6.07, 6.45) is 4.35. The van der Waals surface area contributed by atoms with Crippen LogP contribution in [-0.4, -0.2) is 0 Å². The van der Waals surface area contributed by atoms with E-state index in [0.717, 1.165) is 17.9 Å². The molecule has 2 aromatic rings. The first-order chi connectivity index (χ1) is 8.79. The summed E-state index contributed by atoms with van der Waals surface area (Å²) in [7, 11) is 0. The summed E-state index contributed by atoms with van der Waals surface area (Å²) in [4.78, 5) is 0. The highest BCUT2D eigenvalue weighted by atomic mass is 35.5. The van der Waals surface area contributed by atoms with Gasteiger partial charge in [-0.3, -0.25) is 0 Å². The lowest BCUT2D eigenvalue weighted by Crippen LogP contribution is -1.91. The number of rotatable bonds is 0. The summed E-state index contributed by atoms with van der Waals surface area (Å²) in [5.41, 5.74) is 6.80. The molecule has 0 saturated carbocycles. The largest absolute Gasteiger partial charge is 0.0843 e. The van der Waals surface area contributed by atoms with E-state index in [2.05, 4.69) is 49.4 Å². The van der Waals surface area contributed by atoms with Crippen LogP contribution in [0.15, 0.2) is 48.5 Å². The van der Waals surface area contributed by atoms with E-state index in [1.807, 2.05) is 6.07 Å². The van der Waals surface area contributed by atoms with E-state index in [-0.39, 0.29) is 0 Å². The van der Waals surface area contributed by atoms with E-state index >= 15 is 0 Å². The molecule has 1 aliphatic carbocycles. The number of aryl methyl sites for hydroxylation is 2. The van der Waals surface area contributed by atoms with Gasteiger partial charge in [0.2, 0.25) is 0 Å².